The highest BCUT2D eigenvalue weighted by Gasteiger charge is 2.13. The number of hydrogen-bond donors (Lipinski definition) is 1. The third-order valence-electron chi connectivity index (χ3n) is 3.49. The van der Waals surface area contributed by atoms with Crippen LogP contribution in [-0.2, 0) is 14.6 Å². The summed E-state index contributed by atoms with van der Waals surface area (Å²) in [6.07, 6.45) is 0. The molecule has 0 unspecified atom stereocenters. The molecule has 0 aliphatic carbocycles. The van der Waals surface area contributed by atoms with Gasteiger partial charge in [0.15, 0.2) is 9.84 Å². The standard InChI is InChI=1S/C18H19NO5S/c1-3-24-18(21)14-6-5-7-15(12-14)19-17(20)13-8-10-16(11-9-13)25(22,23)4-2/h5-12H,3-4H2,1-2H3,(H,19,20). The summed E-state index contributed by atoms with van der Waals surface area (Å²) >= 11 is 0. The van der Waals surface area contributed by atoms with Crippen LogP contribution < -0.4 is 5.32 Å². The van der Waals surface area contributed by atoms with E-state index in [1.165, 1.54) is 30.3 Å². The summed E-state index contributed by atoms with van der Waals surface area (Å²) in [7, 11) is -3.30. The lowest BCUT2D eigenvalue weighted by Gasteiger charge is -2.08. The van der Waals surface area contributed by atoms with Crippen molar-refractivity contribution >= 4 is 27.4 Å². The van der Waals surface area contributed by atoms with Crippen molar-refractivity contribution in [2.24, 2.45) is 0 Å². The zero-order valence-electron chi connectivity index (χ0n) is 14.0. The minimum Gasteiger partial charge on any atom is -0.462 e. The van der Waals surface area contributed by atoms with Crippen molar-refractivity contribution in [2.75, 3.05) is 17.7 Å². The van der Waals surface area contributed by atoms with E-state index in [9.17, 15) is 18.0 Å². The Morgan fingerprint density at radius 3 is 2.28 bits per heavy atom. The smallest absolute Gasteiger partial charge is 0.338 e. The Morgan fingerprint density at radius 1 is 1.00 bits per heavy atom. The number of hydrogen-bond acceptors (Lipinski definition) is 5. The minimum absolute atomic E-state index is 0.000799. The topological polar surface area (TPSA) is 89.5 Å². The first kappa shape index (κ1) is 18.7. The minimum atomic E-state index is -3.30. The zero-order valence-corrected chi connectivity index (χ0v) is 14.8. The van der Waals surface area contributed by atoms with Gasteiger partial charge in [-0.1, -0.05) is 13.0 Å². The molecule has 1 amide bonds. The van der Waals surface area contributed by atoms with E-state index in [-0.39, 0.29) is 17.3 Å². The fourth-order valence-electron chi connectivity index (χ4n) is 2.12. The van der Waals surface area contributed by atoms with Crippen molar-refractivity contribution in [3.63, 3.8) is 0 Å². The number of ether oxygens (including phenoxy) is 1. The number of sulfone groups is 1. The predicted molar refractivity (Wildman–Crippen MR) is 94.5 cm³/mol. The van der Waals surface area contributed by atoms with Crippen LogP contribution in [0.4, 0.5) is 5.69 Å². The third-order valence-corrected chi connectivity index (χ3v) is 5.24. The van der Waals surface area contributed by atoms with Crippen LogP contribution in [0, 0.1) is 0 Å². The van der Waals surface area contributed by atoms with E-state index in [4.69, 9.17) is 4.74 Å². The molecule has 0 saturated heterocycles. The molecule has 0 fully saturated rings. The number of nitrogens with one attached hydrogen (secondary N) is 1. The number of esters is 1. The van der Waals surface area contributed by atoms with Crippen molar-refractivity contribution < 1.29 is 22.7 Å². The number of anilines is 1. The highest BCUT2D eigenvalue weighted by atomic mass is 32.2. The van der Waals surface area contributed by atoms with Gasteiger partial charge in [0, 0.05) is 11.3 Å². The molecule has 132 valence electrons. The van der Waals surface area contributed by atoms with Gasteiger partial charge in [-0.25, -0.2) is 13.2 Å². The molecule has 0 saturated carbocycles. The Labute approximate surface area is 146 Å². The third kappa shape index (κ3) is 4.67. The summed E-state index contributed by atoms with van der Waals surface area (Å²) in [6, 6.07) is 12.1. The van der Waals surface area contributed by atoms with Crippen LogP contribution in [0.1, 0.15) is 34.6 Å². The van der Waals surface area contributed by atoms with Crippen LogP contribution in [0.2, 0.25) is 0 Å². The van der Waals surface area contributed by atoms with E-state index in [0.29, 0.717) is 16.8 Å². The molecule has 2 rings (SSSR count). The fraction of sp³-hybridized carbons (Fsp3) is 0.222. The van der Waals surface area contributed by atoms with Crippen molar-refractivity contribution in [3.8, 4) is 0 Å². The molecule has 0 aliphatic heterocycles. The Bertz CT molecular complexity index is 873. The van der Waals surface area contributed by atoms with Gasteiger partial charge < -0.3 is 10.1 Å². The monoisotopic (exact) mass is 361 g/mol. The summed E-state index contributed by atoms with van der Waals surface area (Å²) < 4.78 is 28.5. The lowest BCUT2D eigenvalue weighted by Crippen LogP contribution is -2.13. The first-order valence-corrected chi connectivity index (χ1v) is 9.44. The van der Waals surface area contributed by atoms with E-state index in [2.05, 4.69) is 5.32 Å². The molecular weight excluding hydrogens is 342 g/mol. The summed E-state index contributed by atoms with van der Waals surface area (Å²) in [4.78, 5) is 24.2. The zero-order chi connectivity index (χ0) is 18.4. The second-order valence-electron chi connectivity index (χ2n) is 5.18. The van der Waals surface area contributed by atoms with E-state index in [0.717, 1.165) is 0 Å². The molecule has 7 heteroatoms. The van der Waals surface area contributed by atoms with Crippen molar-refractivity contribution in [2.45, 2.75) is 18.7 Å². The van der Waals surface area contributed by atoms with Gasteiger partial charge in [-0.3, -0.25) is 4.79 Å². The molecule has 0 atom stereocenters. The summed E-state index contributed by atoms with van der Waals surface area (Å²) in [5.74, 6) is -0.867. The lowest BCUT2D eigenvalue weighted by atomic mass is 10.1. The molecule has 0 heterocycles. The van der Waals surface area contributed by atoms with Crippen molar-refractivity contribution in [1.29, 1.82) is 0 Å². The summed E-state index contributed by atoms with van der Waals surface area (Å²) in [5, 5.41) is 2.67. The van der Waals surface area contributed by atoms with Crippen LogP contribution >= 0.6 is 0 Å². The van der Waals surface area contributed by atoms with Gasteiger partial charge in [-0.2, -0.15) is 0 Å². The van der Waals surface area contributed by atoms with E-state index < -0.39 is 21.7 Å². The largest absolute Gasteiger partial charge is 0.462 e. The molecular formula is C18H19NO5S. The van der Waals surface area contributed by atoms with Crippen molar-refractivity contribution in [1.82, 2.24) is 0 Å². The van der Waals surface area contributed by atoms with Gasteiger partial charge in [0.1, 0.15) is 0 Å². The molecule has 6 nitrogen and oxygen atoms in total. The van der Waals surface area contributed by atoms with Crippen LogP contribution in [0.25, 0.3) is 0 Å². The van der Waals surface area contributed by atoms with Crippen LogP contribution in [0.5, 0.6) is 0 Å². The first-order chi connectivity index (χ1) is 11.9. The lowest BCUT2D eigenvalue weighted by molar-refractivity contribution is 0.0526. The van der Waals surface area contributed by atoms with Crippen LogP contribution in [0.15, 0.2) is 53.4 Å². The SMILES string of the molecule is CCOC(=O)c1cccc(NC(=O)c2ccc(S(=O)(=O)CC)cc2)c1. The highest BCUT2D eigenvalue weighted by Crippen LogP contribution is 2.16. The molecule has 0 spiro atoms. The van der Waals surface area contributed by atoms with E-state index in [1.807, 2.05) is 0 Å². The van der Waals surface area contributed by atoms with E-state index in [1.54, 1.807) is 32.0 Å². The van der Waals surface area contributed by atoms with Gasteiger partial charge in [-0.15, -0.1) is 0 Å². The first-order valence-electron chi connectivity index (χ1n) is 7.78. The molecule has 0 aliphatic rings. The molecule has 25 heavy (non-hydrogen) atoms. The number of benzene rings is 2. The quantitative estimate of drug-likeness (QED) is 0.799. The maximum atomic E-state index is 12.3. The number of carbonyl (C=O) groups excluding carboxylic acids is 2. The van der Waals surface area contributed by atoms with Crippen molar-refractivity contribution in [3.05, 3.63) is 59.7 Å². The van der Waals surface area contributed by atoms with Crippen LogP contribution in [-0.4, -0.2) is 32.7 Å². The van der Waals surface area contributed by atoms with Crippen LogP contribution in [0.3, 0.4) is 0 Å². The average Bonchev–Trinajstić information content (AvgIpc) is 2.62. The molecule has 0 radical (unpaired) electrons. The average molecular weight is 361 g/mol. The highest BCUT2D eigenvalue weighted by molar-refractivity contribution is 7.91. The second kappa shape index (κ2) is 7.94. The Balaban J connectivity index is 2.15. The molecule has 0 aromatic heterocycles. The Kier molecular flexibility index (Phi) is 5.93. The Hall–Kier alpha value is -2.67. The second-order valence-corrected chi connectivity index (χ2v) is 7.46. The molecule has 0 bridgehead atoms. The number of rotatable bonds is 6. The van der Waals surface area contributed by atoms with Gasteiger partial charge in [0.05, 0.1) is 22.8 Å². The molecule has 2 aromatic rings. The summed E-state index contributed by atoms with van der Waals surface area (Å²) in [5.41, 5.74) is 1.10. The van der Waals surface area contributed by atoms with Gasteiger partial charge in [0.2, 0.25) is 0 Å². The number of carbonyl (C=O) groups is 2. The molecule has 2 aromatic carbocycles. The Morgan fingerprint density at radius 2 is 1.68 bits per heavy atom. The fourth-order valence-corrected chi connectivity index (χ4v) is 3.01. The maximum Gasteiger partial charge on any atom is 0.338 e. The van der Waals surface area contributed by atoms with E-state index >= 15 is 0 Å². The predicted octanol–water partition coefficient (Wildman–Crippen LogP) is 2.91. The number of amides is 1. The summed E-state index contributed by atoms with van der Waals surface area (Å²) in [6.45, 7) is 3.54. The maximum absolute atomic E-state index is 12.3. The van der Waals surface area contributed by atoms with Gasteiger partial charge in [-0.05, 0) is 49.4 Å². The van der Waals surface area contributed by atoms with Gasteiger partial charge >= 0.3 is 5.97 Å². The molecule has 1 N–H and O–H groups in total. The van der Waals surface area contributed by atoms with Gasteiger partial charge in [0.25, 0.3) is 5.91 Å². The normalized spacial score (nSPS) is 11.0.